The van der Waals surface area contributed by atoms with Crippen molar-refractivity contribution in [3.8, 4) is 17.1 Å². The standard InChI is InChI=1S/C30H39N5O6/c1-19-8-7-11-34(19)25-10-9-20(16-31-25)27-32-23-14-21(28(36)39-6)15-24(38-5)26(23)35(27)18-22-17-33(12-13-40-22)29(37)41-30(2,3)4/h9-10,14-16,19,22H,7-8,11-13,17-18H2,1-6H3/t19-,22-/m0/s1. The Morgan fingerprint density at radius 1 is 1.15 bits per heavy atom. The number of fused-ring (bicyclic) bond motifs is 1. The largest absolute Gasteiger partial charge is 0.494 e. The number of benzene rings is 1. The predicted octanol–water partition coefficient (Wildman–Crippen LogP) is 4.52. The highest BCUT2D eigenvalue weighted by atomic mass is 16.6. The zero-order chi connectivity index (χ0) is 29.3. The topological polar surface area (TPSA) is 108 Å². The fourth-order valence-electron chi connectivity index (χ4n) is 5.51. The highest BCUT2D eigenvalue weighted by molar-refractivity contribution is 5.97. The van der Waals surface area contributed by atoms with E-state index in [-0.39, 0.29) is 12.2 Å². The minimum atomic E-state index is -0.588. The van der Waals surface area contributed by atoms with Crippen molar-refractivity contribution in [2.24, 2.45) is 0 Å². The summed E-state index contributed by atoms with van der Waals surface area (Å²) in [5, 5.41) is 0. The Kier molecular flexibility index (Phi) is 8.08. The lowest BCUT2D eigenvalue weighted by Gasteiger charge is -2.34. The minimum absolute atomic E-state index is 0.324. The van der Waals surface area contributed by atoms with E-state index >= 15 is 0 Å². The molecule has 2 aliphatic heterocycles. The van der Waals surface area contributed by atoms with Gasteiger partial charge < -0.3 is 33.3 Å². The molecular weight excluding hydrogens is 526 g/mol. The van der Waals surface area contributed by atoms with Crippen LogP contribution in [0.5, 0.6) is 5.75 Å². The quantitative estimate of drug-likeness (QED) is 0.399. The summed E-state index contributed by atoms with van der Waals surface area (Å²) in [5.41, 5.74) is 1.87. The van der Waals surface area contributed by atoms with Crippen LogP contribution in [0.3, 0.4) is 0 Å². The minimum Gasteiger partial charge on any atom is -0.494 e. The van der Waals surface area contributed by atoms with E-state index in [1.165, 1.54) is 7.11 Å². The van der Waals surface area contributed by atoms with Gasteiger partial charge in [0, 0.05) is 30.9 Å². The van der Waals surface area contributed by atoms with Crippen molar-refractivity contribution >= 4 is 28.9 Å². The summed E-state index contributed by atoms with van der Waals surface area (Å²) in [6.07, 6.45) is 3.46. The van der Waals surface area contributed by atoms with Gasteiger partial charge in [0.15, 0.2) is 0 Å². The van der Waals surface area contributed by atoms with E-state index in [9.17, 15) is 9.59 Å². The number of nitrogens with zero attached hydrogens (tertiary/aromatic N) is 5. The summed E-state index contributed by atoms with van der Waals surface area (Å²) >= 11 is 0. The first kappa shape index (κ1) is 28.7. The fraction of sp³-hybridized carbons (Fsp3) is 0.533. The molecule has 4 heterocycles. The highest BCUT2D eigenvalue weighted by Crippen LogP contribution is 2.34. The zero-order valence-electron chi connectivity index (χ0n) is 24.7. The number of aromatic nitrogens is 3. The first-order valence-corrected chi connectivity index (χ1v) is 14.1. The van der Waals surface area contributed by atoms with Crippen molar-refractivity contribution in [2.75, 3.05) is 45.4 Å². The molecule has 2 atom stereocenters. The van der Waals surface area contributed by atoms with Crippen molar-refractivity contribution in [1.82, 2.24) is 19.4 Å². The van der Waals surface area contributed by atoms with E-state index in [1.807, 2.05) is 43.7 Å². The van der Waals surface area contributed by atoms with E-state index in [4.69, 9.17) is 28.9 Å². The van der Waals surface area contributed by atoms with Gasteiger partial charge in [-0.2, -0.15) is 0 Å². The lowest BCUT2D eigenvalue weighted by Crippen LogP contribution is -2.48. The number of hydrogen-bond donors (Lipinski definition) is 0. The van der Waals surface area contributed by atoms with E-state index in [0.29, 0.717) is 60.5 Å². The van der Waals surface area contributed by atoms with Gasteiger partial charge in [-0.1, -0.05) is 0 Å². The smallest absolute Gasteiger partial charge is 0.410 e. The maximum Gasteiger partial charge on any atom is 0.410 e. The number of pyridine rings is 1. The van der Waals surface area contributed by atoms with Crippen LogP contribution in [-0.2, 0) is 20.8 Å². The molecule has 1 amide bonds. The number of hydrogen-bond acceptors (Lipinski definition) is 9. The molecule has 3 aromatic rings. The third kappa shape index (κ3) is 6.09. The molecule has 11 heteroatoms. The first-order valence-electron chi connectivity index (χ1n) is 14.1. The molecule has 0 bridgehead atoms. The molecule has 5 rings (SSSR count). The molecule has 0 N–H and O–H groups in total. The van der Waals surface area contributed by atoms with Gasteiger partial charge in [-0.05, 0) is 64.8 Å². The summed E-state index contributed by atoms with van der Waals surface area (Å²) < 4.78 is 24.4. The maximum absolute atomic E-state index is 12.8. The van der Waals surface area contributed by atoms with Crippen LogP contribution in [0.15, 0.2) is 30.5 Å². The Bertz CT molecular complexity index is 1410. The molecular formula is C30H39N5O6. The summed E-state index contributed by atoms with van der Waals surface area (Å²) in [4.78, 5) is 38.9. The second-order valence-electron chi connectivity index (χ2n) is 11.6. The maximum atomic E-state index is 12.8. The molecule has 220 valence electrons. The molecule has 0 saturated carbocycles. The van der Waals surface area contributed by atoms with Gasteiger partial charge >= 0.3 is 12.1 Å². The van der Waals surface area contributed by atoms with Gasteiger partial charge in [-0.15, -0.1) is 0 Å². The molecule has 2 aliphatic rings. The second-order valence-corrected chi connectivity index (χ2v) is 11.6. The molecule has 2 saturated heterocycles. The summed E-state index contributed by atoms with van der Waals surface area (Å²) in [5.74, 6) is 1.61. The fourth-order valence-corrected chi connectivity index (χ4v) is 5.51. The molecule has 1 aromatic carbocycles. The average molecular weight is 566 g/mol. The molecule has 11 nitrogen and oxygen atoms in total. The Balaban J connectivity index is 1.53. The molecule has 0 aliphatic carbocycles. The molecule has 41 heavy (non-hydrogen) atoms. The van der Waals surface area contributed by atoms with E-state index < -0.39 is 11.6 Å². The zero-order valence-corrected chi connectivity index (χ0v) is 24.7. The Hall–Kier alpha value is -3.86. The molecule has 2 fully saturated rings. The van der Waals surface area contributed by atoms with Crippen molar-refractivity contribution in [3.05, 3.63) is 36.0 Å². The molecule has 0 spiro atoms. The van der Waals surface area contributed by atoms with Crippen LogP contribution in [0.4, 0.5) is 10.6 Å². The Morgan fingerprint density at radius 3 is 2.59 bits per heavy atom. The van der Waals surface area contributed by atoms with Crippen molar-refractivity contribution < 1.29 is 28.5 Å². The highest BCUT2D eigenvalue weighted by Gasteiger charge is 2.30. The second kappa shape index (κ2) is 11.6. The van der Waals surface area contributed by atoms with E-state index in [0.717, 1.165) is 30.8 Å². The van der Waals surface area contributed by atoms with Crippen molar-refractivity contribution in [2.45, 2.75) is 64.8 Å². The third-order valence-corrected chi connectivity index (χ3v) is 7.48. The van der Waals surface area contributed by atoms with Crippen LogP contribution >= 0.6 is 0 Å². The van der Waals surface area contributed by atoms with Crippen molar-refractivity contribution in [1.29, 1.82) is 0 Å². The Morgan fingerprint density at radius 2 is 1.95 bits per heavy atom. The summed E-state index contributed by atoms with van der Waals surface area (Å²) in [7, 11) is 2.90. The number of carbonyl (C=O) groups is 2. The molecule has 0 radical (unpaired) electrons. The number of imidazole rings is 1. The van der Waals surface area contributed by atoms with Crippen LogP contribution < -0.4 is 9.64 Å². The number of rotatable bonds is 6. The van der Waals surface area contributed by atoms with Gasteiger partial charge in [-0.3, -0.25) is 0 Å². The van der Waals surface area contributed by atoms with E-state index in [1.54, 1.807) is 24.1 Å². The predicted molar refractivity (Wildman–Crippen MR) is 154 cm³/mol. The Labute approximate surface area is 240 Å². The summed E-state index contributed by atoms with van der Waals surface area (Å²) in [6, 6.07) is 7.86. The third-order valence-electron chi connectivity index (χ3n) is 7.48. The van der Waals surface area contributed by atoms with Gasteiger partial charge in [-0.25, -0.2) is 19.6 Å². The van der Waals surface area contributed by atoms with Crippen LogP contribution in [0, 0.1) is 0 Å². The number of ether oxygens (including phenoxy) is 4. The first-order chi connectivity index (χ1) is 19.6. The SMILES string of the molecule is COC(=O)c1cc(OC)c2c(c1)nc(-c1ccc(N3CCC[C@@H]3C)nc1)n2C[C@@H]1CN(C(=O)OC(C)(C)C)CCO1. The number of esters is 1. The lowest BCUT2D eigenvalue weighted by atomic mass is 10.1. The van der Waals surface area contributed by atoms with Crippen LogP contribution in [0.25, 0.3) is 22.4 Å². The number of anilines is 1. The number of methoxy groups -OCH3 is 2. The summed E-state index contributed by atoms with van der Waals surface area (Å²) in [6.45, 7) is 10.4. The normalized spacial score (nSPS) is 19.5. The van der Waals surface area contributed by atoms with Gasteiger partial charge in [0.2, 0.25) is 0 Å². The van der Waals surface area contributed by atoms with Gasteiger partial charge in [0.05, 0.1) is 51.1 Å². The van der Waals surface area contributed by atoms with Gasteiger partial charge in [0.1, 0.15) is 28.5 Å². The number of carbonyl (C=O) groups excluding carboxylic acids is 2. The molecule has 2 aromatic heterocycles. The average Bonchev–Trinajstić information content (AvgIpc) is 3.54. The van der Waals surface area contributed by atoms with Crippen molar-refractivity contribution in [3.63, 3.8) is 0 Å². The number of amides is 1. The van der Waals surface area contributed by atoms with Gasteiger partial charge in [0.25, 0.3) is 0 Å². The van der Waals surface area contributed by atoms with Crippen LogP contribution in [-0.4, -0.2) is 89.7 Å². The molecule has 0 unspecified atom stereocenters. The monoisotopic (exact) mass is 565 g/mol. The lowest BCUT2D eigenvalue weighted by molar-refractivity contribution is -0.0468. The van der Waals surface area contributed by atoms with Crippen LogP contribution in [0.2, 0.25) is 0 Å². The van der Waals surface area contributed by atoms with Crippen LogP contribution in [0.1, 0.15) is 50.9 Å². The van der Waals surface area contributed by atoms with E-state index in [2.05, 4.69) is 11.8 Å². The number of morpholine rings is 1.